The van der Waals surface area contributed by atoms with Gasteiger partial charge in [-0.3, -0.25) is 9.59 Å². The van der Waals surface area contributed by atoms with Crippen LogP contribution >= 0.6 is 0 Å². The maximum atomic E-state index is 12.6. The minimum atomic E-state index is -0.363. The number of aryl methyl sites for hydroxylation is 1. The zero-order valence-electron chi connectivity index (χ0n) is 15.0. The molecule has 0 fully saturated rings. The van der Waals surface area contributed by atoms with Crippen LogP contribution in [0.1, 0.15) is 37.3 Å². The Bertz CT molecular complexity index is 712. The third-order valence-electron chi connectivity index (χ3n) is 4.39. The highest BCUT2D eigenvalue weighted by atomic mass is 16.5. The van der Waals surface area contributed by atoms with Crippen LogP contribution < -0.4 is 5.32 Å². The number of benzene rings is 2. The monoisotopic (exact) mass is 339 g/mol. The number of nitrogens with one attached hydrogen (secondary N) is 1. The average molecular weight is 339 g/mol. The van der Waals surface area contributed by atoms with Crippen molar-refractivity contribution in [1.82, 2.24) is 0 Å². The van der Waals surface area contributed by atoms with Gasteiger partial charge in [-0.15, -0.1) is 0 Å². The molecule has 0 aliphatic carbocycles. The molecule has 0 unspecified atom stereocenters. The van der Waals surface area contributed by atoms with E-state index in [9.17, 15) is 9.59 Å². The topological polar surface area (TPSA) is 55.4 Å². The highest BCUT2D eigenvalue weighted by molar-refractivity contribution is 5.93. The van der Waals surface area contributed by atoms with Crippen LogP contribution in [0.5, 0.6) is 0 Å². The lowest BCUT2D eigenvalue weighted by Crippen LogP contribution is -2.27. The smallest absolute Gasteiger partial charge is 0.314 e. The molecule has 4 heteroatoms. The molecular weight excluding hydrogens is 314 g/mol. The van der Waals surface area contributed by atoms with E-state index < -0.39 is 0 Å². The summed E-state index contributed by atoms with van der Waals surface area (Å²) in [6, 6.07) is 17.1. The zero-order valence-corrected chi connectivity index (χ0v) is 15.0. The Kier molecular flexibility index (Phi) is 6.75. The number of anilines is 1. The second-order valence-electron chi connectivity index (χ2n) is 6.24. The van der Waals surface area contributed by atoms with Gasteiger partial charge in [-0.25, -0.2) is 0 Å². The Morgan fingerprint density at radius 1 is 1.04 bits per heavy atom. The number of hydrogen-bond acceptors (Lipinski definition) is 3. The Hall–Kier alpha value is -2.62. The zero-order chi connectivity index (χ0) is 18.2. The van der Waals surface area contributed by atoms with E-state index >= 15 is 0 Å². The molecule has 0 saturated carbocycles. The minimum absolute atomic E-state index is 0.134. The van der Waals surface area contributed by atoms with Gasteiger partial charge in [0.15, 0.2) is 6.61 Å². The Balaban J connectivity index is 1.99. The number of esters is 1. The molecule has 0 aliphatic rings. The van der Waals surface area contributed by atoms with Crippen molar-refractivity contribution in [2.45, 2.75) is 33.1 Å². The van der Waals surface area contributed by atoms with Crippen LogP contribution in [-0.2, 0) is 14.3 Å². The highest BCUT2D eigenvalue weighted by Crippen LogP contribution is 2.28. The molecule has 25 heavy (non-hydrogen) atoms. The lowest BCUT2D eigenvalue weighted by molar-refractivity contribution is -0.150. The van der Waals surface area contributed by atoms with Gasteiger partial charge in [-0.05, 0) is 30.0 Å². The number of carbonyl (C=O) groups is 2. The molecule has 1 N–H and O–H groups in total. The van der Waals surface area contributed by atoms with Gasteiger partial charge in [0.1, 0.15) is 0 Å². The summed E-state index contributed by atoms with van der Waals surface area (Å²) in [6.07, 6.45) is 0.851. The first-order valence-electron chi connectivity index (χ1n) is 8.60. The SMILES string of the molecule is CC[C@@H](C)[C@H](C(=O)OCC(=O)Nc1ccccc1C)c1ccccc1. The fourth-order valence-corrected chi connectivity index (χ4v) is 2.72. The van der Waals surface area contributed by atoms with Gasteiger partial charge in [0, 0.05) is 5.69 Å². The molecule has 0 aliphatic heterocycles. The Morgan fingerprint density at radius 3 is 2.32 bits per heavy atom. The van der Waals surface area contributed by atoms with Crippen molar-refractivity contribution in [3.63, 3.8) is 0 Å². The summed E-state index contributed by atoms with van der Waals surface area (Å²) in [5.74, 6) is -0.925. The van der Waals surface area contributed by atoms with E-state index in [4.69, 9.17) is 4.74 Å². The first-order chi connectivity index (χ1) is 12.0. The van der Waals surface area contributed by atoms with Crippen LogP contribution in [0.3, 0.4) is 0 Å². The Morgan fingerprint density at radius 2 is 1.68 bits per heavy atom. The fourth-order valence-electron chi connectivity index (χ4n) is 2.72. The Labute approximate surface area is 149 Å². The van der Waals surface area contributed by atoms with Gasteiger partial charge < -0.3 is 10.1 Å². The molecule has 0 radical (unpaired) electrons. The van der Waals surface area contributed by atoms with Crippen molar-refractivity contribution in [2.75, 3.05) is 11.9 Å². The first-order valence-corrected chi connectivity index (χ1v) is 8.60. The van der Waals surface area contributed by atoms with Crippen LogP contribution in [0, 0.1) is 12.8 Å². The lowest BCUT2D eigenvalue weighted by Gasteiger charge is -2.21. The van der Waals surface area contributed by atoms with Crippen molar-refractivity contribution < 1.29 is 14.3 Å². The van der Waals surface area contributed by atoms with Crippen LogP contribution in [0.15, 0.2) is 54.6 Å². The molecular formula is C21H25NO3. The molecule has 0 aromatic heterocycles. The summed E-state index contributed by atoms with van der Waals surface area (Å²) in [6.45, 7) is 5.69. The second kappa shape index (κ2) is 9.02. The van der Waals surface area contributed by atoms with Crippen LogP contribution in [0.4, 0.5) is 5.69 Å². The average Bonchev–Trinajstić information content (AvgIpc) is 2.63. The van der Waals surface area contributed by atoms with Gasteiger partial charge in [-0.1, -0.05) is 68.8 Å². The summed E-state index contributed by atoms with van der Waals surface area (Å²) in [5, 5.41) is 2.77. The van der Waals surface area contributed by atoms with Crippen molar-refractivity contribution in [1.29, 1.82) is 0 Å². The summed E-state index contributed by atoms with van der Waals surface area (Å²) < 4.78 is 5.30. The quantitative estimate of drug-likeness (QED) is 0.765. The van der Waals surface area contributed by atoms with Gasteiger partial charge in [0.05, 0.1) is 5.92 Å². The number of carbonyl (C=O) groups excluding carboxylic acids is 2. The van der Waals surface area contributed by atoms with E-state index in [1.165, 1.54) is 0 Å². The fraction of sp³-hybridized carbons (Fsp3) is 0.333. The van der Waals surface area contributed by atoms with Crippen LogP contribution in [0.25, 0.3) is 0 Å². The predicted octanol–water partition coefficient (Wildman–Crippen LogP) is 4.31. The first kappa shape index (κ1) is 18.7. The van der Waals surface area contributed by atoms with E-state index in [0.29, 0.717) is 0 Å². The standard InChI is InChI=1S/C21H25NO3/c1-4-15(2)20(17-11-6-5-7-12-17)21(24)25-14-19(23)22-18-13-9-8-10-16(18)3/h5-13,15,20H,4,14H2,1-3H3,(H,22,23)/t15-,20+/m1/s1. The number of rotatable bonds is 7. The molecule has 132 valence electrons. The highest BCUT2D eigenvalue weighted by Gasteiger charge is 2.27. The van der Waals surface area contributed by atoms with Gasteiger partial charge >= 0.3 is 5.97 Å². The maximum absolute atomic E-state index is 12.6. The summed E-state index contributed by atoms with van der Waals surface area (Å²) in [4.78, 5) is 24.6. The number of hydrogen-bond donors (Lipinski definition) is 1. The second-order valence-corrected chi connectivity index (χ2v) is 6.24. The minimum Gasteiger partial charge on any atom is -0.455 e. The molecule has 2 rings (SSSR count). The van der Waals surface area contributed by atoms with Crippen molar-refractivity contribution in [3.05, 3.63) is 65.7 Å². The van der Waals surface area contributed by atoms with E-state index in [1.54, 1.807) is 0 Å². The molecule has 1 amide bonds. The molecule has 0 spiro atoms. The third kappa shape index (κ3) is 5.18. The van der Waals surface area contributed by atoms with Gasteiger partial charge in [-0.2, -0.15) is 0 Å². The van der Waals surface area contributed by atoms with Crippen molar-refractivity contribution >= 4 is 17.6 Å². The maximum Gasteiger partial charge on any atom is 0.314 e. The van der Waals surface area contributed by atoms with Crippen LogP contribution in [-0.4, -0.2) is 18.5 Å². The number of ether oxygens (including phenoxy) is 1. The summed E-state index contributed by atoms with van der Waals surface area (Å²) >= 11 is 0. The van der Waals surface area contributed by atoms with Gasteiger partial charge in [0.2, 0.25) is 0 Å². The normalized spacial score (nSPS) is 12.9. The summed E-state index contributed by atoms with van der Waals surface area (Å²) in [7, 11) is 0. The van der Waals surface area contributed by atoms with E-state index in [1.807, 2.05) is 75.4 Å². The predicted molar refractivity (Wildman–Crippen MR) is 99.4 cm³/mol. The van der Waals surface area contributed by atoms with Crippen LogP contribution in [0.2, 0.25) is 0 Å². The largest absolute Gasteiger partial charge is 0.455 e. The van der Waals surface area contributed by atoms with Gasteiger partial charge in [0.25, 0.3) is 5.91 Å². The molecule has 0 saturated heterocycles. The molecule has 2 atom stereocenters. The number of amides is 1. The molecule has 2 aromatic carbocycles. The molecule has 0 bridgehead atoms. The third-order valence-corrected chi connectivity index (χ3v) is 4.39. The summed E-state index contributed by atoms with van der Waals surface area (Å²) in [5.41, 5.74) is 2.61. The molecule has 0 heterocycles. The lowest BCUT2D eigenvalue weighted by atomic mass is 9.86. The number of para-hydroxylation sites is 1. The van der Waals surface area contributed by atoms with Crippen molar-refractivity contribution in [3.8, 4) is 0 Å². The van der Waals surface area contributed by atoms with E-state index in [0.717, 1.165) is 23.2 Å². The molecule has 2 aromatic rings. The van der Waals surface area contributed by atoms with E-state index in [2.05, 4.69) is 5.32 Å². The molecule has 4 nitrogen and oxygen atoms in total. The van der Waals surface area contributed by atoms with Crippen molar-refractivity contribution in [2.24, 2.45) is 5.92 Å². The van der Waals surface area contributed by atoms with E-state index in [-0.39, 0.29) is 30.3 Å².